The first kappa shape index (κ1) is 27.9. The van der Waals surface area contributed by atoms with Crippen LogP contribution in [0.4, 0.5) is 0 Å². The van der Waals surface area contributed by atoms with E-state index >= 15 is 0 Å². The highest BCUT2D eigenvalue weighted by Crippen LogP contribution is 2.13. The Balaban J connectivity index is 3.51. The SMILES string of the molecule is CCCCCCCCCCCCCC[N+](C)(C)CCCCOC([O-])C(C#N)C#N. The fourth-order valence-electron chi connectivity index (χ4n) is 3.58. The predicted molar refractivity (Wildman–Crippen MR) is 117 cm³/mol. The highest BCUT2D eigenvalue weighted by atomic mass is 16.6. The monoisotopic (exact) mass is 407 g/mol. The molecule has 0 saturated heterocycles. The Morgan fingerprint density at radius 2 is 1.14 bits per heavy atom. The van der Waals surface area contributed by atoms with Crippen LogP contribution in [-0.4, -0.2) is 44.6 Å². The van der Waals surface area contributed by atoms with Crippen molar-refractivity contribution in [2.75, 3.05) is 33.8 Å². The van der Waals surface area contributed by atoms with E-state index in [1.807, 2.05) is 0 Å². The van der Waals surface area contributed by atoms with E-state index < -0.39 is 12.2 Å². The minimum atomic E-state index is -1.55. The summed E-state index contributed by atoms with van der Waals surface area (Å²) in [6.45, 7) is 4.84. The first-order valence-electron chi connectivity index (χ1n) is 11.9. The molecule has 0 spiro atoms. The molecule has 0 amide bonds. The first-order chi connectivity index (χ1) is 14.0. The van der Waals surface area contributed by atoms with Crippen LogP contribution in [0.5, 0.6) is 0 Å². The molecular formula is C24H45N3O2. The molecule has 0 radical (unpaired) electrons. The van der Waals surface area contributed by atoms with Gasteiger partial charge in [-0.1, -0.05) is 71.1 Å². The summed E-state index contributed by atoms with van der Waals surface area (Å²) < 4.78 is 6.07. The van der Waals surface area contributed by atoms with Gasteiger partial charge in [0.2, 0.25) is 0 Å². The lowest BCUT2D eigenvalue weighted by atomic mass is 10.1. The van der Waals surface area contributed by atoms with E-state index in [4.69, 9.17) is 15.3 Å². The van der Waals surface area contributed by atoms with E-state index in [-0.39, 0.29) is 0 Å². The molecule has 5 heteroatoms. The van der Waals surface area contributed by atoms with Gasteiger partial charge in [-0.05, 0) is 25.7 Å². The minimum absolute atomic E-state index is 0.326. The predicted octanol–water partition coefficient (Wildman–Crippen LogP) is 4.91. The molecule has 0 aromatic carbocycles. The molecule has 0 rings (SSSR count). The molecule has 0 bridgehead atoms. The van der Waals surface area contributed by atoms with Crippen LogP contribution >= 0.6 is 0 Å². The van der Waals surface area contributed by atoms with E-state index in [9.17, 15) is 5.11 Å². The number of nitriles is 2. The molecule has 1 atom stereocenters. The molecular weight excluding hydrogens is 362 g/mol. The quantitative estimate of drug-likeness (QED) is 0.163. The zero-order chi connectivity index (χ0) is 21.8. The second kappa shape index (κ2) is 18.9. The van der Waals surface area contributed by atoms with Gasteiger partial charge in [-0.25, -0.2) is 0 Å². The number of hydrogen-bond acceptors (Lipinski definition) is 4. The van der Waals surface area contributed by atoms with Gasteiger partial charge in [0.15, 0.2) is 0 Å². The standard InChI is InChI=1S/C24H45N3O2/c1-4-5-6-7-8-9-10-11-12-13-14-15-18-27(2,3)19-16-17-20-29-24(28)23(21-25)22-26/h23-24H,4-20H2,1-3H3. The third-order valence-corrected chi connectivity index (χ3v) is 5.61. The largest absolute Gasteiger partial charge is 0.829 e. The van der Waals surface area contributed by atoms with Crippen molar-refractivity contribution in [1.29, 1.82) is 10.5 Å². The van der Waals surface area contributed by atoms with Crippen LogP contribution in [0.3, 0.4) is 0 Å². The molecule has 5 nitrogen and oxygen atoms in total. The molecule has 0 aromatic heterocycles. The van der Waals surface area contributed by atoms with Crippen molar-refractivity contribution in [2.24, 2.45) is 5.92 Å². The number of unbranched alkanes of at least 4 members (excludes halogenated alkanes) is 12. The Labute approximate surface area is 180 Å². The number of rotatable bonds is 20. The van der Waals surface area contributed by atoms with E-state index in [2.05, 4.69) is 21.0 Å². The first-order valence-corrected chi connectivity index (χ1v) is 11.9. The maximum Gasteiger partial charge on any atom is 0.144 e. The Kier molecular flexibility index (Phi) is 18.1. The van der Waals surface area contributed by atoms with Crippen LogP contribution in [0.15, 0.2) is 0 Å². The lowest BCUT2D eigenvalue weighted by Gasteiger charge is -2.30. The normalized spacial score (nSPS) is 12.7. The highest BCUT2D eigenvalue weighted by Gasteiger charge is 2.14. The van der Waals surface area contributed by atoms with Crippen LogP contribution < -0.4 is 5.11 Å². The summed E-state index contributed by atoms with van der Waals surface area (Å²) >= 11 is 0. The van der Waals surface area contributed by atoms with Gasteiger partial charge in [0.1, 0.15) is 5.92 Å². The maximum absolute atomic E-state index is 11.5. The van der Waals surface area contributed by atoms with Crippen molar-refractivity contribution in [2.45, 2.75) is 103 Å². The fraction of sp³-hybridized carbons (Fsp3) is 0.917. The molecule has 0 aromatic rings. The second-order valence-electron chi connectivity index (χ2n) is 8.95. The molecule has 0 aliphatic carbocycles. The smallest absolute Gasteiger partial charge is 0.144 e. The Morgan fingerprint density at radius 3 is 1.59 bits per heavy atom. The molecule has 1 unspecified atom stereocenters. The summed E-state index contributed by atoms with van der Waals surface area (Å²) in [5, 5.41) is 28.8. The average Bonchev–Trinajstić information content (AvgIpc) is 2.69. The second-order valence-corrected chi connectivity index (χ2v) is 8.95. The zero-order valence-electron chi connectivity index (χ0n) is 19.3. The van der Waals surface area contributed by atoms with E-state index in [0.29, 0.717) is 6.61 Å². The average molecular weight is 408 g/mol. The summed E-state index contributed by atoms with van der Waals surface area (Å²) in [6.07, 6.45) is 16.8. The Hall–Kier alpha value is -1.14. The van der Waals surface area contributed by atoms with Crippen molar-refractivity contribution in [3.8, 4) is 12.1 Å². The van der Waals surface area contributed by atoms with Crippen LogP contribution in [0.2, 0.25) is 0 Å². The van der Waals surface area contributed by atoms with Gasteiger partial charge in [-0.2, -0.15) is 10.5 Å². The van der Waals surface area contributed by atoms with Gasteiger partial charge in [-0.3, -0.25) is 0 Å². The van der Waals surface area contributed by atoms with Crippen molar-refractivity contribution in [3.05, 3.63) is 0 Å². The Bertz CT molecular complexity index is 440. The van der Waals surface area contributed by atoms with Crippen LogP contribution in [0.1, 0.15) is 96.8 Å². The number of quaternary nitrogens is 1. The van der Waals surface area contributed by atoms with Gasteiger partial charge in [-0.15, -0.1) is 0 Å². The molecule has 0 N–H and O–H groups in total. The summed E-state index contributed by atoms with van der Waals surface area (Å²) in [4.78, 5) is 0. The molecule has 0 heterocycles. The van der Waals surface area contributed by atoms with Crippen LogP contribution in [0, 0.1) is 28.6 Å². The highest BCUT2D eigenvalue weighted by molar-refractivity contribution is 5.00. The number of nitrogens with zero attached hydrogens (tertiary/aromatic N) is 3. The molecule has 168 valence electrons. The van der Waals surface area contributed by atoms with Crippen molar-refractivity contribution >= 4 is 0 Å². The number of hydrogen-bond donors (Lipinski definition) is 0. The minimum Gasteiger partial charge on any atom is -0.829 e. The van der Waals surface area contributed by atoms with Gasteiger partial charge < -0.3 is 14.3 Å². The fourth-order valence-corrected chi connectivity index (χ4v) is 3.58. The topological polar surface area (TPSA) is 79.9 Å². The summed E-state index contributed by atoms with van der Waals surface area (Å²) in [7, 11) is 4.52. The van der Waals surface area contributed by atoms with Gasteiger partial charge in [0, 0.05) is 12.9 Å². The molecule has 29 heavy (non-hydrogen) atoms. The van der Waals surface area contributed by atoms with Gasteiger partial charge in [0.05, 0.1) is 39.3 Å². The maximum atomic E-state index is 11.5. The van der Waals surface area contributed by atoms with E-state index in [0.717, 1.165) is 23.9 Å². The zero-order valence-corrected chi connectivity index (χ0v) is 19.3. The van der Waals surface area contributed by atoms with Crippen LogP contribution in [0.25, 0.3) is 0 Å². The van der Waals surface area contributed by atoms with Crippen molar-refractivity contribution < 1.29 is 14.3 Å². The third kappa shape index (κ3) is 17.4. The summed E-state index contributed by atoms with van der Waals surface area (Å²) in [5.41, 5.74) is 0. The summed E-state index contributed by atoms with van der Waals surface area (Å²) in [5.74, 6) is -1.21. The lowest BCUT2D eigenvalue weighted by Crippen LogP contribution is -2.41. The molecule has 0 saturated carbocycles. The third-order valence-electron chi connectivity index (χ3n) is 5.61. The van der Waals surface area contributed by atoms with Crippen LogP contribution in [-0.2, 0) is 4.74 Å². The van der Waals surface area contributed by atoms with Crippen molar-refractivity contribution in [1.82, 2.24) is 0 Å². The van der Waals surface area contributed by atoms with E-state index in [1.165, 1.54) is 83.6 Å². The lowest BCUT2D eigenvalue weighted by molar-refractivity contribution is -0.890. The van der Waals surface area contributed by atoms with Gasteiger partial charge in [0.25, 0.3) is 0 Å². The molecule has 0 aliphatic heterocycles. The van der Waals surface area contributed by atoms with Crippen molar-refractivity contribution in [3.63, 3.8) is 0 Å². The molecule has 0 fully saturated rings. The van der Waals surface area contributed by atoms with Gasteiger partial charge >= 0.3 is 0 Å². The Morgan fingerprint density at radius 1 is 0.724 bits per heavy atom. The van der Waals surface area contributed by atoms with E-state index in [1.54, 1.807) is 12.1 Å². The molecule has 0 aliphatic rings. The number of ether oxygens (including phenoxy) is 1. The summed E-state index contributed by atoms with van der Waals surface area (Å²) in [6, 6.07) is 3.34.